The van der Waals surface area contributed by atoms with E-state index in [9.17, 15) is 9.59 Å². The largest absolute Gasteiger partial charge is 0.464 e. The van der Waals surface area contributed by atoms with E-state index >= 15 is 0 Å². The molecular weight excluding hydrogens is 212 g/mol. The van der Waals surface area contributed by atoms with Crippen LogP contribution in [0.5, 0.6) is 0 Å². The second kappa shape index (κ2) is 6.01. The van der Waals surface area contributed by atoms with E-state index in [4.69, 9.17) is 0 Å². The Bertz CT molecular complexity index is 221. The molecule has 0 spiro atoms. The summed E-state index contributed by atoms with van der Waals surface area (Å²) in [6.07, 6.45) is 0. The van der Waals surface area contributed by atoms with Crippen molar-refractivity contribution >= 4 is 34.3 Å². The summed E-state index contributed by atoms with van der Waals surface area (Å²) in [5.41, 5.74) is -0.298. The van der Waals surface area contributed by atoms with E-state index in [0.717, 1.165) is 0 Å². The van der Waals surface area contributed by atoms with Crippen LogP contribution < -0.4 is 0 Å². The van der Waals surface area contributed by atoms with E-state index < -0.39 is 19.7 Å². The first-order valence-electron chi connectivity index (χ1n) is 3.26. The maximum Gasteiger partial charge on any atom is 0.364 e. The fourth-order valence-electron chi connectivity index (χ4n) is 0.516. The number of carbonyl (C=O) groups excluding carboxylic acids is 2. The molecule has 0 aliphatic heterocycles. The summed E-state index contributed by atoms with van der Waals surface area (Å²) < 4.78 is 12.5. The zero-order valence-corrected chi connectivity index (χ0v) is 9.65. The summed E-state index contributed by atoms with van der Waals surface area (Å²) in [4.78, 5) is 22.0. The predicted molar refractivity (Wildman–Crippen MR) is 54.0 cm³/mol. The lowest BCUT2D eigenvalue weighted by molar-refractivity contribution is -0.138. The molecule has 5 nitrogen and oxygen atoms in total. The zero-order chi connectivity index (χ0) is 10.4. The molecule has 13 heavy (non-hydrogen) atoms. The quantitative estimate of drug-likeness (QED) is 0.304. The van der Waals surface area contributed by atoms with Crippen molar-refractivity contribution < 1.29 is 19.1 Å². The molecule has 74 valence electrons. The van der Waals surface area contributed by atoms with Crippen molar-refractivity contribution in [3.05, 3.63) is 0 Å². The first kappa shape index (κ1) is 12.5. The average molecular weight is 223 g/mol. The number of hydrogen-bond acceptors (Lipinski definition) is 5. The van der Waals surface area contributed by atoms with Crippen LogP contribution >= 0.6 is 16.7 Å². The van der Waals surface area contributed by atoms with Crippen molar-refractivity contribution in [1.82, 2.24) is 0 Å². The van der Waals surface area contributed by atoms with Crippen LogP contribution in [-0.4, -0.2) is 38.5 Å². The van der Waals surface area contributed by atoms with Gasteiger partial charge in [0.05, 0.1) is 14.2 Å². The summed E-state index contributed by atoms with van der Waals surface area (Å²) in [5.74, 6) is -1.55. The summed E-state index contributed by atoms with van der Waals surface area (Å²) in [6.45, 7) is 1.77. The molecule has 0 aromatic carbocycles. The molecule has 0 aromatic heterocycles. The SMILES string of the molecule is COC(=O)C(=NP(C)P)C(=O)OC. The standard InChI is InChI=1S/C6H11NO4P2/c1-10-5(8)4(6(9)11-2)7-13(3)12/h12H2,1-3H3. The van der Waals surface area contributed by atoms with E-state index in [1.807, 2.05) is 0 Å². The van der Waals surface area contributed by atoms with Gasteiger partial charge in [0.15, 0.2) is 0 Å². The predicted octanol–water partition coefficient (Wildman–Crippen LogP) is 0.590. The molecule has 0 aliphatic rings. The molecule has 0 saturated heterocycles. The number of methoxy groups -OCH3 is 2. The number of rotatable bonds is 3. The molecule has 0 aliphatic carbocycles. The Morgan fingerprint density at radius 2 is 1.62 bits per heavy atom. The Hall–Kier alpha value is -0.530. The molecule has 0 rings (SSSR count). The topological polar surface area (TPSA) is 65.0 Å². The van der Waals surface area contributed by atoms with Crippen LogP contribution in [-0.2, 0) is 19.1 Å². The fraction of sp³-hybridized carbons (Fsp3) is 0.500. The molecule has 0 bridgehead atoms. The average Bonchev–Trinajstić information content (AvgIpc) is 2.11. The maximum atomic E-state index is 11.0. The lowest BCUT2D eigenvalue weighted by atomic mass is 10.4. The molecule has 7 heteroatoms. The lowest BCUT2D eigenvalue weighted by Gasteiger charge is -2.03. The van der Waals surface area contributed by atoms with Gasteiger partial charge in [0.25, 0.3) is 0 Å². The highest BCUT2D eigenvalue weighted by atomic mass is 32.0. The Balaban J connectivity index is 4.75. The fourth-order valence-corrected chi connectivity index (χ4v) is 1.34. The van der Waals surface area contributed by atoms with E-state index in [1.165, 1.54) is 14.2 Å². The number of nitrogens with zero attached hydrogens (tertiary/aromatic N) is 1. The van der Waals surface area contributed by atoms with Crippen LogP contribution in [0.3, 0.4) is 0 Å². The Morgan fingerprint density at radius 1 is 1.23 bits per heavy atom. The van der Waals surface area contributed by atoms with Crippen molar-refractivity contribution in [2.75, 3.05) is 20.9 Å². The van der Waals surface area contributed by atoms with E-state index in [-0.39, 0.29) is 5.71 Å². The number of hydrogen-bond donors (Lipinski definition) is 0. The minimum absolute atomic E-state index is 0.298. The first-order valence-corrected chi connectivity index (χ1v) is 6.62. The summed E-state index contributed by atoms with van der Waals surface area (Å²) in [6, 6.07) is 0. The monoisotopic (exact) mass is 223 g/mol. The van der Waals surface area contributed by atoms with Crippen molar-refractivity contribution in [2.24, 2.45) is 4.76 Å². The van der Waals surface area contributed by atoms with Gasteiger partial charge < -0.3 is 9.47 Å². The van der Waals surface area contributed by atoms with Crippen molar-refractivity contribution in [3.63, 3.8) is 0 Å². The van der Waals surface area contributed by atoms with E-state index in [1.54, 1.807) is 6.66 Å². The van der Waals surface area contributed by atoms with Gasteiger partial charge in [0.1, 0.15) is 0 Å². The van der Waals surface area contributed by atoms with Crippen LogP contribution in [0.2, 0.25) is 0 Å². The minimum atomic E-state index is -0.813. The molecule has 2 atom stereocenters. The molecule has 0 aromatic rings. The highest BCUT2D eigenvalue weighted by Crippen LogP contribution is 2.41. The van der Waals surface area contributed by atoms with Crippen LogP contribution in [0, 0.1) is 0 Å². The maximum absolute atomic E-state index is 11.0. The summed E-state index contributed by atoms with van der Waals surface area (Å²) in [5, 5.41) is 0. The minimum Gasteiger partial charge on any atom is -0.464 e. The van der Waals surface area contributed by atoms with Crippen molar-refractivity contribution in [3.8, 4) is 0 Å². The third-order valence-electron chi connectivity index (χ3n) is 1.02. The lowest BCUT2D eigenvalue weighted by Crippen LogP contribution is -2.26. The zero-order valence-electron chi connectivity index (χ0n) is 7.60. The van der Waals surface area contributed by atoms with Gasteiger partial charge in [0.2, 0.25) is 5.71 Å². The number of carbonyl (C=O) groups is 2. The van der Waals surface area contributed by atoms with Gasteiger partial charge in [-0.05, 0) is 6.66 Å². The van der Waals surface area contributed by atoms with Gasteiger partial charge in [-0.15, -0.1) is 0 Å². The molecule has 0 N–H and O–H groups in total. The van der Waals surface area contributed by atoms with Gasteiger partial charge in [-0.2, -0.15) is 0 Å². The molecule has 0 radical (unpaired) electrons. The second-order valence-electron chi connectivity index (χ2n) is 2.01. The number of esters is 2. The van der Waals surface area contributed by atoms with E-state index in [2.05, 4.69) is 23.2 Å². The smallest absolute Gasteiger partial charge is 0.364 e. The second-order valence-corrected chi connectivity index (χ2v) is 5.59. The normalized spacial score (nSPS) is 11.4. The van der Waals surface area contributed by atoms with Crippen LogP contribution in [0.25, 0.3) is 0 Å². The molecule has 0 heterocycles. The molecular formula is C6H11NO4P2. The van der Waals surface area contributed by atoms with Gasteiger partial charge in [-0.1, -0.05) is 8.93 Å². The van der Waals surface area contributed by atoms with E-state index in [0.29, 0.717) is 0 Å². The van der Waals surface area contributed by atoms with Gasteiger partial charge in [-0.25, -0.2) is 14.4 Å². The summed E-state index contributed by atoms with van der Waals surface area (Å²) in [7, 11) is 3.95. The Morgan fingerprint density at radius 3 is 1.85 bits per heavy atom. The van der Waals surface area contributed by atoms with Crippen molar-refractivity contribution in [1.29, 1.82) is 0 Å². The number of ether oxygens (including phenoxy) is 2. The van der Waals surface area contributed by atoms with Crippen LogP contribution in [0.15, 0.2) is 4.76 Å². The Labute approximate surface area is 79.8 Å². The molecule has 2 unspecified atom stereocenters. The van der Waals surface area contributed by atoms with Gasteiger partial charge in [0, 0.05) is 7.76 Å². The van der Waals surface area contributed by atoms with Crippen LogP contribution in [0.1, 0.15) is 0 Å². The van der Waals surface area contributed by atoms with Crippen LogP contribution in [0.4, 0.5) is 0 Å². The third-order valence-corrected chi connectivity index (χ3v) is 1.88. The molecule has 0 amide bonds. The van der Waals surface area contributed by atoms with Crippen molar-refractivity contribution in [2.45, 2.75) is 0 Å². The Kier molecular flexibility index (Phi) is 5.76. The first-order chi connectivity index (χ1) is 6.02. The van der Waals surface area contributed by atoms with Gasteiger partial charge in [-0.3, -0.25) is 0 Å². The summed E-state index contributed by atoms with van der Waals surface area (Å²) >= 11 is 0. The highest BCUT2D eigenvalue weighted by molar-refractivity contribution is 8.12. The molecule has 0 fully saturated rings. The van der Waals surface area contributed by atoms with Gasteiger partial charge >= 0.3 is 11.9 Å². The molecule has 0 saturated carbocycles. The third kappa shape index (κ3) is 4.30. The highest BCUT2D eigenvalue weighted by Gasteiger charge is 2.22.